The van der Waals surface area contributed by atoms with Crippen LogP contribution >= 0.6 is 11.8 Å². The van der Waals surface area contributed by atoms with E-state index in [9.17, 15) is 0 Å². The second kappa shape index (κ2) is 2.41. The second-order valence-corrected chi connectivity index (χ2v) is 6.07. The molecular weight excluding hydrogens is 168 g/mol. The fourth-order valence-corrected chi connectivity index (χ4v) is 3.91. The Morgan fingerprint density at radius 1 is 1.42 bits per heavy atom. The van der Waals surface area contributed by atoms with Crippen LogP contribution in [0.1, 0.15) is 39.5 Å². The van der Waals surface area contributed by atoms with Gasteiger partial charge in [0.1, 0.15) is 0 Å². The standard InChI is InChI=1S/C9H16N2S/c1-8(2)6-9(4-3-5-9)12-7(10)11-8/h3-6H2,1-2H3,(H2,10,11). The van der Waals surface area contributed by atoms with Gasteiger partial charge in [0.25, 0.3) is 0 Å². The van der Waals surface area contributed by atoms with Crippen LogP contribution in [0, 0.1) is 0 Å². The summed E-state index contributed by atoms with van der Waals surface area (Å²) in [4.78, 5) is 4.45. The summed E-state index contributed by atoms with van der Waals surface area (Å²) < 4.78 is 0.468. The maximum atomic E-state index is 5.81. The molecule has 68 valence electrons. The molecule has 0 aromatic carbocycles. The first-order valence-corrected chi connectivity index (χ1v) is 5.37. The van der Waals surface area contributed by atoms with Gasteiger partial charge in [0.05, 0.1) is 5.54 Å². The number of nitrogens with two attached hydrogens (primary N) is 1. The molecule has 1 aliphatic heterocycles. The van der Waals surface area contributed by atoms with Crippen molar-refractivity contribution in [1.82, 2.24) is 0 Å². The highest BCUT2D eigenvalue weighted by Crippen LogP contribution is 2.52. The lowest BCUT2D eigenvalue weighted by Crippen LogP contribution is -2.46. The highest BCUT2D eigenvalue weighted by atomic mass is 32.2. The average Bonchev–Trinajstić information content (AvgIpc) is 1.79. The van der Waals surface area contributed by atoms with E-state index in [0.717, 1.165) is 5.17 Å². The molecular formula is C9H16N2S. The van der Waals surface area contributed by atoms with Crippen LogP contribution in [0.3, 0.4) is 0 Å². The molecule has 0 saturated heterocycles. The summed E-state index contributed by atoms with van der Waals surface area (Å²) in [5, 5.41) is 0.797. The molecule has 0 atom stereocenters. The van der Waals surface area contributed by atoms with Gasteiger partial charge in [0.15, 0.2) is 5.17 Å². The van der Waals surface area contributed by atoms with E-state index in [4.69, 9.17) is 5.73 Å². The lowest BCUT2D eigenvalue weighted by atomic mass is 9.76. The number of hydrogen-bond acceptors (Lipinski definition) is 3. The molecule has 12 heavy (non-hydrogen) atoms. The van der Waals surface area contributed by atoms with E-state index >= 15 is 0 Å². The Hall–Kier alpha value is -0.180. The normalized spacial score (nSPS) is 31.0. The van der Waals surface area contributed by atoms with Crippen LogP contribution in [0.15, 0.2) is 4.99 Å². The van der Waals surface area contributed by atoms with Gasteiger partial charge >= 0.3 is 0 Å². The zero-order valence-electron chi connectivity index (χ0n) is 7.76. The van der Waals surface area contributed by atoms with Gasteiger partial charge in [-0.1, -0.05) is 18.2 Å². The predicted molar refractivity (Wildman–Crippen MR) is 54.5 cm³/mol. The van der Waals surface area contributed by atoms with Crippen molar-refractivity contribution in [2.45, 2.75) is 49.8 Å². The first-order valence-electron chi connectivity index (χ1n) is 4.56. The summed E-state index contributed by atoms with van der Waals surface area (Å²) in [7, 11) is 0. The van der Waals surface area contributed by atoms with Crippen LogP contribution < -0.4 is 5.73 Å². The van der Waals surface area contributed by atoms with Gasteiger partial charge in [0.2, 0.25) is 0 Å². The van der Waals surface area contributed by atoms with Crippen LogP contribution in [0.2, 0.25) is 0 Å². The minimum Gasteiger partial charge on any atom is -0.379 e. The van der Waals surface area contributed by atoms with Crippen molar-refractivity contribution in [2.24, 2.45) is 10.7 Å². The summed E-state index contributed by atoms with van der Waals surface area (Å²) in [5.74, 6) is 0. The quantitative estimate of drug-likeness (QED) is 0.626. The smallest absolute Gasteiger partial charge is 0.154 e. The monoisotopic (exact) mass is 184 g/mol. The molecule has 1 heterocycles. The number of thioether (sulfide) groups is 1. The van der Waals surface area contributed by atoms with Crippen LogP contribution in [-0.2, 0) is 0 Å². The molecule has 2 aliphatic rings. The first-order chi connectivity index (χ1) is 5.52. The maximum absolute atomic E-state index is 5.81. The molecule has 0 aromatic heterocycles. The van der Waals surface area contributed by atoms with Gasteiger partial charge in [-0.3, -0.25) is 4.99 Å². The zero-order chi connectivity index (χ0) is 8.82. The second-order valence-electron chi connectivity index (χ2n) is 4.58. The molecule has 1 aliphatic carbocycles. The Labute approximate surface area is 78.0 Å². The summed E-state index contributed by atoms with van der Waals surface area (Å²) >= 11 is 1.81. The third-order valence-corrected chi connectivity index (χ3v) is 4.04. The zero-order valence-corrected chi connectivity index (χ0v) is 8.58. The summed E-state index contributed by atoms with van der Waals surface area (Å²) in [5.41, 5.74) is 5.89. The third kappa shape index (κ3) is 1.35. The number of rotatable bonds is 0. The molecule has 1 fully saturated rings. The van der Waals surface area contributed by atoms with Crippen molar-refractivity contribution in [3.8, 4) is 0 Å². The first kappa shape index (κ1) is 8.42. The molecule has 1 spiro atoms. The van der Waals surface area contributed by atoms with Gasteiger partial charge < -0.3 is 5.73 Å². The molecule has 2 rings (SSSR count). The van der Waals surface area contributed by atoms with Gasteiger partial charge in [-0.25, -0.2) is 0 Å². The number of nitrogens with zero attached hydrogens (tertiary/aromatic N) is 1. The molecule has 1 saturated carbocycles. The largest absolute Gasteiger partial charge is 0.379 e. The van der Waals surface area contributed by atoms with Gasteiger partial charge in [-0.15, -0.1) is 0 Å². The van der Waals surface area contributed by atoms with Gasteiger partial charge in [-0.05, 0) is 33.1 Å². The highest BCUT2D eigenvalue weighted by Gasteiger charge is 2.45. The Morgan fingerprint density at radius 2 is 2.08 bits per heavy atom. The number of hydrogen-bond donors (Lipinski definition) is 1. The van der Waals surface area contributed by atoms with E-state index in [-0.39, 0.29) is 5.54 Å². The van der Waals surface area contributed by atoms with E-state index in [1.165, 1.54) is 25.7 Å². The lowest BCUT2D eigenvalue weighted by molar-refractivity contribution is 0.281. The topological polar surface area (TPSA) is 38.4 Å². The molecule has 0 aromatic rings. The van der Waals surface area contributed by atoms with E-state index in [1.54, 1.807) is 11.8 Å². The predicted octanol–water partition coefficient (Wildman–Crippen LogP) is 2.14. The summed E-state index contributed by atoms with van der Waals surface area (Å²) in [6, 6.07) is 0. The Bertz CT molecular complexity index is 229. The average molecular weight is 184 g/mol. The fraction of sp³-hybridized carbons (Fsp3) is 0.889. The lowest BCUT2D eigenvalue weighted by Gasteiger charge is -2.47. The molecule has 2 nitrogen and oxygen atoms in total. The molecule has 0 radical (unpaired) electrons. The number of amidine groups is 1. The van der Waals surface area contributed by atoms with Crippen molar-refractivity contribution >= 4 is 16.9 Å². The van der Waals surface area contributed by atoms with Gasteiger partial charge in [-0.2, -0.15) is 0 Å². The van der Waals surface area contributed by atoms with E-state index in [0.29, 0.717) is 4.75 Å². The molecule has 2 N–H and O–H groups in total. The van der Waals surface area contributed by atoms with Crippen molar-refractivity contribution in [2.75, 3.05) is 0 Å². The minimum absolute atomic E-state index is 0.0791. The van der Waals surface area contributed by atoms with Crippen molar-refractivity contribution in [3.63, 3.8) is 0 Å². The SMILES string of the molecule is CC1(C)CC2(CCC2)SC(N)=N1. The van der Waals surface area contributed by atoms with E-state index < -0.39 is 0 Å². The maximum Gasteiger partial charge on any atom is 0.154 e. The van der Waals surface area contributed by atoms with Crippen LogP contribution in [0.5, 0.6) is 0 Å². The summed E-state index contributed by atoms with van der Waals surface area (Å²) in [6.45, 7) is 4.36. The summed E-state index contributed by atoms with van der Waals surface area (Å²) in [6.07, 6.45) is 5.23. The molecule has 0 bridgehead atoms. The molecule has 0 unspecified atom stereocenters. The van der Waals surface area contributed by atoms with E-state index in [1.807, 2.05) is 0 Å². The third-order valence-electron chi connectivity index (χ3n) is 2.75. The Kier molecular flexibility index (Phi) is 1.69. The van der Waals surface area contributed by atoms with Crippen molar-refractivity contribution < 1.29 is 0 Å². The minimum atomic E-state index is 0.0791. The molecule has 0 amide bonds. The molecule has 3 heteroatoms. The van der Waals surface area contributed by atoms with E-state index in [2.05, 4.69) is 18.8 Å². The van der Waals surface area contributed by atoms with Crippen LogP contribution in [0.4, 0.5) is 0 Å². The van der Waals surface area contributed by atoms with Crippen molar-refractivity contribution in [1.29, 1.82) is 0 Å². The van der Waals surface area contributed by atoms with Gasteiger partial charge in [0, 0.05) is 4.75 Å². The Morgan fingerprint density at radius 3 is 2.50 bits per heavy atom. The van der Waals surface area contributed by atoms with Crippen LogP contribution in [0.25, 0.3) is 0 Å². The van der Waals surface area contributed by atoms with Crippen LogP contribution in [-0.4, -0.2) is 15.5 Å². The fourth-order valence-electron chi connectivity index (χ4n) is 2.26. The van der Waals surface area contributed by atoms with Crippen molar-refractivity contribution in [3.05, 3.63) is 0 Å². The Balaban J connectivity index is 2.20. The highest BCUT2D eigenvalue weighted by molar-refractivity contribution is 8.15. The number of aliphatic imine (C=N–C) groups is 1.